The summed E-state index contributed by atoms with van der Waals surface area (Å²) in [6.07, 6.45) is 0.171. The van der Waals surface area contributed by atoms with Gasteiger partial charge in [-0.15, -0.1) is 0 Å². The summed E-state index contributed by atoms with van der Waals surface area (Å²) in [5, 5.41) is 9.53. The molecule has 0 bridgehead atoms. The molecule has 0 atom stereocenters. The molecule has 1 amide bonds. The molecule has 2 N–H and O–H groups in total. The van der Waals surface area contributed by atoms with E-state index in [0.717, 1.165) is 5.75 Å². The fourth-order valence-corrected chi connectivity index (χ4v) is 2.08. The Hall–Kier alpha value is -2.37. The number of hydrogen-bond acceptors (Lipinski definition) is 4. The lowest BCUT2D eigenvalue weighted by molar-refractivity contribution is -0.120. The Morgan fingerprint density at radius 3 is 2.57 bits per heavy atom. The van der Waals surface area contributed by atoms with Crippen molar-refractivity contribution in [1.29, 1.82) is 0 Å². The van der Waals surface area contributed by atoms with Crippen LogP contribution in [0.1, 0.15) is 44.9 Å². The van der Waals surface area contributed by atoms with E-state index in [9.17, 15) is 4.79 Å². The molecule has 1 aromatic heterocycles. The first kappa shape index (κ1) is 17.0. The van der Waals surface area contributed by atoms with E-state index in [1.807, 2.05) is 19.1 Å². The maximum Gasteiger partial charge on any atom is 0.227 e. The van der Waals surface area contributed by atoms with Gasteiger partial charge in [-0.2, -0.15) is 5.10 Å². The van der Waals surface area contributed by atoms with Crippen LogP contribution in [0.25, 0.3) is 0 Å². The molecule has 0 radical (unpaired) electrons. The highest BCUT2D eigenvalue weighted by molar-refractivity contribution is 5.77. The van der Waals surface area contributed by atoms with E-state index in [-0.39, 0.29) is 24.3 Å². The van der Waals surface area contributed by atoms with Gasteiger partial charge in [-0.05, 0) is 30.0 Å². The minimum absolute atomic E-state index is 0.0864. The Balaban J connectivity index is 1.89. The van der Waals surface area contributed by atoms with Crippen molar-refractivity contribution in [2.24, 2.45) is 0 Å². The molecule has 2 aromatic rings. The van der Waals surface area contributed by atoms with Crippen LogP contribution in [0.3, 0.4) is 0 Å². The summed E-state index contributed by atoms with van der Waals surface area (Å²) in [6, 6.07) is 8.03. The zero-order chi connectivity index (χ0) is 16.9. The molecule has 1 heterocycles. The zero-order valence-electron chi connectivity index (χ0n) is 14.1. The highest BCUT2D eigenvalue weighted by Gasteiger charge is 2.13. The van der Waals surface area contributed by atoms with Crippen LogP contribution in [0.15, 0.2) is 24.3 Å². The van der Waals surface area contributed by atoms with Crippen LogP contribution in [0.2, 0.25) is 0 Å². The van der Waals surface area contributed by atoms with Gasteiger partial charge in [0.2, 0.25) is 5.91 Å². The van der Waals surface area contributed by atoms with Crippen LogP contribution in [0.5, 0.6) is 5.75 Å². The number of H-pyrrole nitrogens is 1. The van der Waals surface area contributed by atoms with Crippen LogP contribution < -0.4 is 10.1 Å². The minimum atomic E-state index is -0.0864. The first-order valence-corrected chi connectivity index (χ1v) is 7.78. The van der Waals surface area contributed by atoms with Gasteiger partial charge in [-0.1, -0.05) is 32.9 Å². The molecule has 6 heteroatoms. The summed E-state index contributed by atoms with van der Waals surface area (Å²) in [5.74, 6) is 1.76. The number of carbonyl (C=O) groups is 1. The molecule has 0 saturated carbocycles. The summed E-state index contributed by atoms with van der Waals surface area (Å²) in [4.78, 5) is 15.7. The second kappa shape index (κ2) is 7.26. The lowest BCUT2D eigenvalue weighted by atomic mass is 9.87. The third-order valence-electron chi connectivity index (χ3n) is 3.37. The third kappa shape index (κ3) is 5.09. The van der Waals surface area contributed by atoms with Gasteiger partial charge in [0.15, 0.2) is 11.6 Å². The van der Waals surface area contributed by atoms with Crippen LogP contribution in [0.4, 0.5) is 0 Å². The van der Waals surface area contributed by atoms with Gasteiger partial charge in [0.25, 0.3) is 0 Å². The number of amides is 1. The number of hydrogen-bond donors (Lipinski definition) is 2. The Morgan fingerprint density at radius 1 is 1.26 bits per heavy atom. The number of nitrogens with one attached hydrogen (secondary N) is 2. The molecule has 1 aromatic carbocycles. The maximum absolute atomic E-state index is 11.5. The highest BCUT2D eigenvalue weighted by atomic mass is 16.5. The Kier molecular flexibility index (Phi) is 5.36. The van der Waals surface area contributed by atoms with Crippen LogP contribution in [-0.4, -0.2) is 27.6 Å². The molecule has 0 aliphatic heterocycles. The van der Waals surface area contributed by atoms with Crippen molar-refractivity contribution in [2.45, 2.75) is 46.1 Å². The second-order valence-electron chi connectivity index (χ2n) is 6.39. The molecule has 0 fully saturated rings. The molecule has 2 rings (SSSR count). The van der Waals surface area contributed by atoms with Crippen LogP contribution >= 0.6 is 0 Å². The normalized spacial score (nSPS) is 11.3. The average molecular weight is 316 g/mol. The van der Waals surface area contributed by atoms with Crippen molar-refractivity contribution in [3.05, 3.63) is 41.5 Å². The number of aromatic nitrogens is 3. The largest absolute Gasteiger partial charge is 0.486 e. The monoisotopic (exact) mass is 316 g/mol. The van der Waals surface area contributed by atoms with Crippen LogP contribution in [0, 0.1) is 0 Å². The van der Waals surface area contributed by atoms with E-state index in [0.29, 0.717) is 18.2 Å². The molecule has 124 valence electrons. The second-order valence-corrected chi connectivity index (χ2v) is 6.39. The molecule has 0 aliphatic carbocycles. The van der Waals surface area contributed by atoms with Crippen molar-refractivity contribution >= 4 is 5.91 Å². The SMILES string of the molecule is CCNC(=O)Cc1n[nH]c(COc2ccc(C(C)(C)C)cc2)n1. The third-order valence-corrected chi connectivity index (χ3v) is 3.37. The van der Waals surface area contributed by atoms with Crippen molar-refractivity contribution in [3.63, 3.8) is 0 Å². The van der Waals surface area contributed by atoms with E-state index in [4.69, 9.17) is 4.74 Å². The Labute approximate surface area is 136 Å². The van der Waals surface area contributed by atoms with E-state index in [1.165, 1.54) is 5.56 Å². The number of likely N-dealkylation sites (N-methyl/N-ethyl adjacent to an activating group) is 1. The number of aromatic amines is 1. The molecule has 0 spiro atoms. The highest BCUT2D eigenvalue weighted by Crippen LogP contribution is 2.24. The van der Waals surface area contributed by atoms with Crippen molar-refractivity contribution in [1.82, 2.24) is 20.5 Å². The van der Waals surface area contributed by atoms with Gasteiger partial charge in [0.1, 0.15) is 12.4 Å². The van der Waals surface area contributed by atoms with Gasteiger partial charge in [-0.3, -0.25) is 9.89 Å². The minimum Gasteiger partial charge on any atom is -0.486 e. The summed E-state index contributed by atoms with van der Waals surface area (Å²) in [5.41, 5.74) is 1.38. The maximum atomic E-state index is 11.5. The van der Waals surface area contributed by atoms with Gasteiger partial charge in [0.05, 0.1) is 6.42 Å². The number of carbonyl (C=O) groups excluding carboxylic acids is 1. The van der Waals surface area contributed by atoms with Gasteiger partial charge < -0.3 is 10.1 Å². The molecular formula is C17H24N4O2. The Bertz CT molecular complexity index is 641. The summed E-state index contributed by atoms with van der Waals surface area (Å²) < 4.78 is 5.69. The number of benzene rings is 1. The summed E-state index contributed by atoms with van der Waals surface area (Å²) in [7, 11) is 0. The zero-order valence-corrected chi connectivity index (χ0v) is 14.1. The van der Waals surface area contributed by atoms with Crippen molar-refractivity contribution in [2.75, 3.05) is 6.54 Å². The smallest absolute Gasteiger partial charge is 0.227 e. The standard InChI is InChI=1S/C17H24N4O2/c1-5-18-16(22)10-14-19-15(21-20-14)11-23-13-8-6-12(7-9-13)17(2,3)4/h6-9H,5,10-11H2,1-4H3,(H,18,22)(H,19,20,21). The molecule has 0 aliphatic rings. The van der Waals surface area contributed by atoms with Crippen molar-refractivity contribution in [3.8, 4) is 5.75 Å². The molecule has 6 nitrogen and oxygen atoms in total. The van der Waals surface area contributed by atoms with Crippen molar-refractivity contribution < 1.29 is 9.53 Å². The van der Waals surface area contributed by atoms with E-state index in [2.05, 4.69) is 53.4 Å². The number of rotatable bonds is 6. The molecular weight excluding hydrogens is 292 g/mol. The lowest BCUT2D eigenvalue weighted by Crippen LogP contribution is -2.24. The first-order valence-electron chi connectivity index (χ1n) is 7.78. The topological polar surface area (TPSA) is 79.9 Å². The van der Waals surface area contributed by atoms with E-state index in [1.54, 1.807) is 0 Å². The van der Waals surface area contributed by atoms with Gasteiger partial charge in [-0.25, -0.2) is 4.98 Å². The number of ether oxygens (including phenoxy) is 1. The Morgan fingerprint density at radius 2 is 1.96 bits per heavy atom. The average Bonchev–Trinajstić information content (AvgIpc) is 2.92. The predicted octanol–water partition coefficient (Wildman–Crippen LogP) is 2.36. The van der Waals surface area contributed by atoms with Gasteiger partial charge >= 0.3 is 0 Å². The fraction of sp³-hybridized carbons (Fsp3) is 0.471. The van der Waals surface area contributed by atoms with Gasteiger partial charge in [0, 0.05) is 6.54 Å². The quantitative estimate of drug-likeness (QED) is 0.857. The number of nitrogens with zero attached hydrogens (tertiary/aromatic N) is 2. The molecule has 0 saturated heterocycles. The lowest BCUT2D eigenvalue weighted by Gasteiger charge is -2.19. The summed E-state index contributed by atoms with van der Waals surface area (Å²) in [6.45, 7) is 9.29. The fourth-order valence-electron chi connectivity index (χ4n) is 2.08. The molecule has 0 unspecified atom stereocenters. The van der Waals surface area contributed by atoms with Crippen LogP contribution in [-0.2, 0) is 23.2 Å². The molecule has 23 heavy (non-hydrogen) atoms. The predicted molar refractivity (Wildman–Crippen MR) is 88.2 cm³/mol. The van der Waals surface area contributed by atoms with E-state index >= 15 is 0 Å². The summed E-state index contributed by atoms with van der Waals surface area (Å²) >= 11 is 0. The van der Waals surface area contributed by atoms with E-state index < -0.39 is 0 Å². The first-order chi connectivity index (χ1) is 10.9.